The maximum Gasteiger partial charge on any atom is 0.306 e. The van der Waals surface area contributed by atoms with Crippen molar-refractivity contribution in [2.75, 3.05) is 17.2 Å². The average Bonchev–Trinajstić information content (AvgIpc) is 3.20. The summed E-state index contributed by atoms with van der Waals surface area (Å²) in [5, 5.41) is 5.78. The molecule has 1 aliphatic carbocycles. The number of fused-ring (bicyclic) bond motifs is 1. The van der Waals surface area contributed by atoms with Crippen molar-refractivity contribution < 1.29 is 22.7 Å². The number of hydrogen-bond donors (Lipinski definition) is 2. The zero-order chi connectivity index (χ0) is 22.6. The molecule has 168 valence electrons. The number of esters is 1. The van der Waals surface area contributed by atoms with Crippen molar-refractivity contribution in [3.8, 4) is 0 Å². The fourth-order valence-corrected chi connectivity index (χ4v) is 5.51. The summed E-state index contributed by atoms with van der Waals surface area (Å²) >= 11 is 0. The first-order valence-corrected chi connectivity index (χ1v) is 12.0. The number of sulfonamides is 1. The minimum atomic E-state index is -3.78. The van der Waals surface area contributed by atoms with Crippen molar-refractivity contribution in [2.24, 2.45) is 9.81 Å². The summed E-state index contributed by atoms with van der Waals surface area (Å²) in [6.45, 7) is -0.370. The lowest BCUT2D eigenvalue weighted by Crippen LogP contribution is -2.32. The number of carbonyl (C=O) groups excluding carboxylic acids is 2. The molecule has 8 nitrogen and oxygen atoms in total. The third kappa shape index (κ3) is 5.16. The van der Waals surface area contributed by atoms with Gasteiger partial charge in [-0.2, -0.15) is 8.42 Å². The Hall–Kier alpha value is -3.20. The third-order valence-electron chi connectivity index (χ3n) is 5.82. The van der Waals surface area contributed by atoms with Gasteiger partial charge in [-0.3, -0.25) is 9.59 Å². The highest BCUT2D eigenvalue weighted by Crippen LogP contribution is 2.45. The number of para-hydroxylation sites is 2. The molecular weight excluding hydrogens is 430 g/mol. The van der Waals surface area contributed by atoms with Gasteiger partial charge >= 0.3 is 5.97 Å². The lowest BCUT2D eigenvalue weighted by molar-refractivity contribution is -0.149. The number of benzene rings is 2. The van der Waals surface area contributed by atoms with E-state index in [1.54, 1.807) is 42.5 Å². The molecule has 2 N–H and O–H groups in total. The van der Waals surface area contributed by atoms with Gasteiger partial charge in [-0.1, -0.05) is 43.2 Å². The lowest BCUT2D eigenvalue weighted by Gasteiger charge is -2.30. The number of carbonyl (C=O) groups is 2. The van der Waals surface area contributed by atoms with Gasteiger partial charge in [0.15, 0.2) is 6.61 Å². The lowest BCUT2D eigenvalue weighted by atomic mass is 9.79. The molecule has 0 bridgehead atoms. The van der Waals surface area contributed by atoms with Gasteiger partial charge in [0.2, 0.25) is 0 Å². The first kappa shape index (κ1) is 22.0. The first-order valence-electron chi connectivity index (χ1n) is 10.6. The summed E-state index contributed by atoms with van der Waals surface area (Å²) in [6.07, 6.45) is 3.85. The van der Waals surface area contributed by atoms with Crippen LogP contribution < -0.4 is 10.6 Å². The third-order valence-corrected chi connectivity index (χ3v) is 7.19. The van der Waals surface area contributed by atoms with Crippen molar-refractivity contribution in [2.45, 2.75) is 43.4 Å². The van der Waals surface area contributed by atoms with E-state index in [2.05, 4.69) is 15.0 Å². The molecule has 4 rings (SSSR count). The van der Waals surface area contributed by atoms with Crippen molar-refractivity contribution >= 4 is 39.1 Å². The smallest absolute Gasteiger partial charge is 0.306 e. The number of nitrogens with one attached hydrogen (secondary N) is 2. The van der Waals surface area contributed by atoms with E-state index in [0.717, 1.165) is 25.7 Å². The molecular formula is C23H25N3O5S. The van der Waals surface area contributed by atoms with Gasteiger partial charge in [0, 0.05) is 12.1 Å². The van der Waals surface area contributed by atoms with E-state index < -0.39 is 27.3 Å². The molecule has 0 radical (unpaired) electrons. The average molecular weight is 456 g/mol. The second-order valence-electron chi connectivity index (χ2n) is 8.27. The molecule has 32 heavy (non-hydrogen) atoms. The molecule has 0 saturated heterocycles. The number of ether oxygens (including phenoxy) is 1. The number of rotatable bonds is 7. The summed E-state index contributed by atoms with van der Waals surface area (Å²) in [5.74, 6) is -0.555. The van der Waals surface area contributed by atoms with Gasteiger partial charge in [0.05, 0.1) is 12.1 Å². The summed E-state index contributed by atoms with van der Waals surface area (Å²) in [7, 11) is -3.78. The van der Waals surface area contributed by atoms with E-state index >= 15 is 0 Å². The van der Waals surface area contributed by atoms with Crippen molar-refractivity contribution in [1.82, 2.24) is 0 Å². The zero-order valence-electron chi connectivity index (χ0n) is 17.5. The van der Waals surface area contributed by atoms with Crippen LogP contribution in [0.2, 0.25) is 0 Å². The number of nitrogens with zero attached hydrogens (tertiary/aromatic N) is 1. The van der Waals surface area contributed by atoms with Crippen LogP contribution in [0.5, 0.6) is 0 Å². The molecule has 9 heteroatoms. The van der Waals surface area contributed by atoms with Gasteiger partial charge in [-0.15, -0.1) is 4.40 Å². The molecule has 1 saturated carbocycles. The second-order valence-corrected chi connectivity index (χ2v) is 9.84. The van der Waals surface area contributed by atoms with E-state index in [1.807, 2.05) is 6.07 Å². The summed E-state index contributed by atoms with van der Waals surface area (Å²) in [6, 6.07) is 15.6. The van der Waals surface area contributed by atoms with Gasteiger partial charge in [0.1, 0.15) is 10.7 Å². The predicted octanol–water partition coefficient (Wildman–Crippen LogP) is 3.72. The fraction of sp³-hybridized carbons (Fsp3) is 0.348. The molecule has 1 fully saturated rings. The quantitative estimate of drug-likeness (QED) is 0.615. The molecule has 1 amide bonds. The van der Waals surface area contributed by atoms with Crippen LogP contribution in [0.25, 0.3) is 0 Å². The number of anilines is 2. The topological polar surface area (TPSA) is 114 Å². The molecule has 1 heterocycles. The number of amides is 1. The van der Waals surface area contributed by atoms with Gasteiger partial charge in [0.25, 0.3) is 15.9 Å². The molecule has 0 spiro atoms. The Labute approximate surface area is 187 Å². The predicted molar refractivity (Wildman–Crippen MR) is 121 cm³/mol. The highest BCUT2D eigenvalue weighted by atomic mass is 32.2. The fourth-order valence-electron chi connectivity index (χ4n) is 4.36. The van der Waals surface area contributed by atoms with E-state index in [9.17, 15) is 18.0 Å². The minimum Gasteiger partial charge on any atom is -0.456 e. The van der Waals surface area contributed by atoms with Gasteiger partial charge in [-0.05, 0) is 42.5 Å². The van der Waals surface area contributed by atoms with E-state index in [-0.39, 0.29) is 17.9 Å². The Morgan fingerprint density at radius 2 is 1.72 bits per heavy atom. The minimum absolute atomic E-state index is 0.105. The Morgan fingerprint density at radius 1 is 1.03 bits per heavy atom. The maximum atomic E-state index is 12.5. The Kier molecular flexibility index (Phi) is 6.27. The molecule has 0 aromatic heterocycles. The largest absolute Gasteiger partial charge is 0.456 e. The normalized spacial score (nSPS) is 18.1. The Bertz CT molecular complexity index is 1140. The van der Waals surface area contributed by atoms with Crippen LogP contribution in [-0.4, -0.2) is 32.7 Å². The van der Waals surface area contributed by atoms with Crippen LogP contribution in [0.15, 0.2) is 63.9 Å². The molecule has 0 atom stereocenters. The number of amidine groups is 1. The molecule has 2 aromatic rings. The highest BCUT2D eigenvalue weighted by molar-refractivity contribution is 7.90. The van der Waals surface area contributed by atoms with E-state index in [4.69, 9.17) is 4.74 Å². The summed E-state index contributed by atoms with van der Waals surface area (Å²) in [4.78, 5) is 24.7. The highest BCUT2D eigenvalue weighted by Gasteiger charge is 2.39. The first-order chi connectivity index (χ1) is 15.4. The number of hydrogen-bond acceptors (Lipinski definition) is 6. The summed E-state index contributed by atoms with van der Waals surface area (Å²) < 4.78 is 34.3. The SMILES string of the molecule is O=C(COC(=O)CC1(CC2=NS(=O)(=O)c3ccccc3N2)CCCC1)Nc1ccccc1. The molecule has 2 aromatic carbocycles. The van der Waals surface area contributed by atoms with Crippen LogP contribution in [0.3, 0.4) is 0 Å². The van der Waals surface area contributed by atoms with Gasteiger partial charge in [-0.25, -0.2) is 0 Å². The Balaban J connectivity index is 1.38. The Morgan fingerprint density at radius 3 is 2.47 bits per heavy atom. The van der Waals surface area contributed by atoms with Crippen molar-refractivity contribution in [1.29, 1.82) is 0 Å². The monoisotopic (exact) mass is 455 g/mol. The summed E-state index contributed by atoms with van der Waals surface area (Å²) in [5.41, 5.74) is 0.676. The van der Waals surface area contributed by atoms with Crippen LogP contribution >= 0.6 is 0 Å². The maximum absolute atomic E-state index is 12.5. The molecule has 2 aliphatic rings. The molecule has 1 aliphatic heterocycles. The van der Waals surface area contributed by atoms with Crippen LogP contribution in [0, 0.1) is 5.41 Å². The van der Waals surface area contributed by atoms with E-state index in [0.29, 0.717) is 23.6 Å². The van der Waals surface area contributed by atoms with Crippen LogP contribution in [0.1, 0.15) is 38.5 Å². The molecule has 0 unspecified atom stereocenters. The van der Waals surface area contributed by atoms with Gasteiger partial charge < -0.3 is 15.4 Å². The van der Waals surface area contributed by atoms with Crippen molar-refractivity contribution in [3.05, 3.63) is 54.6 Å². The van der Waals surface area contributed by atoms with Crippen LogP contribution in [0.4, 0.5) is 11.4 Å². The van der Waals surface area contributed by atoms with E-state index in [1.165, 1.54) is 6.07 Å². The standard InChI is InChI=1S/C23H25N3O5S/c27-21(24-17-8-2-1-3-9-17)16-31-22(28)15-23(12-6-7-13-23)14-20-25-18-10-4-5-11-19(18)32(29,30)26-20/h1-5,8-11H,6-7,12-16H2,(H,24,27)(H,25,26). The second kappa shape index (κ2) is 9.12. The van der Waals surface area contributed by atoms with Crippen LogP contribution in [-0.2, 0) is 24.3 Å². The van der Waals surface area contributed by atoms with Crippen molar-refractivity contribution in [3.63, 3.8) is 0 Å². The zero-order valence-corrected chi connectivity index (χ0v) is 18.4.